The molecule has 2 heterocycles. The first kappa shape index (κ1) is 18.2. The van der Waals surface area contributed by atoms with Gasteiger partial charge in [0.1, 0.15) is 6.54 Å². The lowest BCUT2D eigenvalue weighted by atomic mass is 10.1. The van der Waals surface area contributed by atoms with Gasteiger partial charge >= 0.3 is 5.76 Å². The van der Waals surface area contributed by atoms with Gasteiger partial charge in [-0.25, -0.2) is 4.79 Å². The van der Waals surface area contributed by atoms with Crippen molar-refractivity contribution < 1.29 is 13.6 Å². The van der Waals surface area contributed by atoms with Gasteiger partial charge in [-0.05, 0) is 49.2 Å². The van der Waals surface area contributed by atoms with Crippen LogP contribution in [0.25, 0.3) is 11.7 Å². The molecule has 27 heavy (non-hydrogen) atoms. The van der Waals surface area contributed by atoms with Crippen LogP contribution in [0.1, 0.15) is 17.5 Å². The molecule has 0 spiro atoms. The maximum Gasteiger partial charge on any atom is 0.437 e. The highest BCUT2D eigenvalue weighted by atomic mass is 16.4. The standard InChI is InChI=1S/C19H18N4O4/c1-13-9-14(2)11-15(10-13)22(7-4-6-20)17(24)12-23-19(25)27-18(21-23)16-5-3-8-26-16/h3,5,8-11H,4,7,12H2,1-2H3. The van der Waals surface area contributed by atoms with Crippen LogP contribution in [0.4, 0.5) is 5.69 Å². The van der Waals surface area contributed by atoms with Gasteiger partial charge in [-0.2, -0.15) is 9.94 Å². The molecule has 8 heteroatoms. The lowest BCUT2D eigenvalue weighted by Gasteiger charge is -2.22. The highest BCUT2D eigenvalue weighted by Crippen LogP contribution is 2.20. The fourth-order valence-corrected chi connectivity index (χ4v) is 2.79. The number of aryl methyl sites for hydroxylation is 2. The van der Waals surface area contributed by atoms with Crippen molar-refractivity contribution in [2.75, 3.05) is 11.4 Å². The van der Waals surface area contributed by atoms with Gasteiger partial charge in [0, 0.05) is 12.2 Å². The molecule has 0 aliphatic rings. The van der Waals surface area contributed by atoms with Crippen molar-refractivity contribution >= 4 is 11.6 Å². The highest BCUT2D eigenvalue weighted by Gasteiger charge is 2.20. The molecular formula is C19H18N4O4. The third-order valence-corrected chi connectivity index (χ3v) is 3.89. The molecule has 8 nitrogen and oxygen atoms in total. The van der Waals surface area contributed by atoms with E-state index in [0.29, 0.717) is 11.4 Å². The van der Waals surface area contributed by atoms with E-state index in [0.717, 1.165) is 15.8 Å². The molecule has 0 unspecified atom stereocenters. The minimum absolute atomic E-state index is 0.00720. The van der Waals surface area contributed by atoms with E-state index in [2.05, 4.69) is 5.10 Å². The minimum atomic E-state index is -0.754. The van der Waals surface area contributed by atoms with Crippen LogP contribution in [0.2, 0.25) is 0 Å². The normalized spacial score (nSPS) is 10.6. The summed E-state index contributed by atoms with van der Waals surface area (Å²) in [5.74, 6) is -0.811. The van der Waals surface area contributed by atoms with Crippen LogP contribution in [0.3, 0.4) is 0 Å². The number of carbonyl (C=O) groups excluding carboxylic acids is 1. The number of amides is 1. The molecule has 0 bridgehead atoms. The molecule has 0 aliphatic carbocycles. The summed E-state index contributed by atoms with van der Waals surface area (Å²) in [5.41, 5.74) is 2.67. The van der Waals surface area contributed by atoms with Crippen molar-refractivity contribution in [1.82, 2.24) is 9.78 Å². The molecule has 2 aromatic heterocycles. The average molecular weight is 366 g/mol. The lowest BCUT2D eigenvalue weighted by Crippen LogP contribution is -2.37. The molecule has 0 atom stereocenters. The Bertz CT molecular complexity index is 1020. The quantitative estimate of drug-likeness (QED) is 0.664. The molecule has 0 radical (unpaired) electrons. The van der Waals surface area contributed by atoms with E-state index in [-0.39, 0.29) is 31.3 Å². The number of rotatable bonds is 6. The zero-order chi connectivity index (χ0) is 19.4. The summed E-state index contributed by atoms with van der Waals surface area (Å²) in [6.07, 6.45) is 1.60. The number of furan rings is 1. The van der Waals surface area contributed by atoms with Gasteiger partial charge < -0.3 is 13.7 Å². The van der Waals surface area contributed by atoms with Crippen molar-refractivity contribution in [2.24, 2.45) is 0 Å². The summed E-state index contributed by atoms with van der Waals surface area (Å²) in [6, 6.07) is 11.0. The summed E-state index contributed by atoms with van der Waals surface area (Å²) >= 11 is 0. The van der Waals surface area contributed by atoms with Crippen LogP contribution in [0.5, 0.6) is 0 Å². The van der Waals surface area contributed by atoms with Crippen LogP contribution >= 0.6 is 0 Å². The van der Waals surface area contributed by atoms with Crippen molar-refractivity contribution in [1.29, 1.82) is 5.26 Å². The summed E-state index contributed by atoms with van der Waals surface area (Å²) in [6.45, 7) is 3.78. The zero-order valence-corrected chi connectivity index (χ0v) is 15.0. The largest absolute Gasteiger partial charge is 0.459 e. The SMILES string of the molecule is Cc1cc(C)cc(N(CCC#N)C(=O)Cn2nc(-c3ccco3)oc2=O)c1. The van der Waals surface area contributed by atoms with E-state index in [9.17, 15) is 9.59 Å². The smallest absolute Gasteiger partial charge is 0.437 e. The Hall–Kier alpha value is -3.60. The third kappa shape index (κ3) is 4.15. The maximum absolute atomic E-state index is 12.8. The van der Waals surface area contributed by atoms with Gasteiger partial charge in [0.25, 0.3) is 5.89 Å². The number of hydrogen-bond donors (Lipinski definition) is 0. The first-order valence-electron chi connectivity index (χ1n) is 8.35. The van der Waals surface area contributed by atoms with Gasteiger partial charge in [-0.1, -0.05) is 6.07 Å². The number of anilines is 1. The molecule has 1 amide bonds. The van der Waals surface area contributed by atoms with E-state index < -0.39 is 5.76 Å². The Balaban J connectivity index is 1.87. The Morgan fingerprint density at radius 3 is 2.67 bits per heavy atom. The molecule has 0 fully saturated rings. The minimum Gasteiger partial charge on any atom is -0.459 e. The second-order valence-corrected chi connectivity index (χ2v) is 6.11. The zero-order valence-electron chi connectivity index (χ0n) is 15.0. The molecule has 3 aromatic rings. The van der Waals surface area contributed by atoms with Crippen LogP contribution in [-0.2, 0) is 11.3 Å². The predicted molar refractivity (Wildman–Crippen MR) is 97.0 cm³/mol. The number of benzene rings is 1. The Morgan fingerprint density at radius 1 is 1.30 bits per heavy atom. The molecule has 0 N–H and O–H groups in total. The van der Waals surface area contributed by atoms with Crippen LogP contribution < -0.4 is 10.7 Å². The van der Waals surface area contributed by atoms with Crippen LogP contribution in [0, 0.1) is 25.2 Å². The second kappa shape index (κ2) is 7.74. The van der Waals surface area contributed by atoms with E-state index in [1.165, 1.54) is 11.2 Å². The number of aromatic nitrogens is 2. The molecular weight excluding hydrogens is 348 g/mol. The summed E-state index contributed by atoms with van der Waals surface area (Å²) in [5, 5.41) is 12.9. The fourth-order valence-electron chi connectivity index (χ4n) is 2.79. The molecule has 138 valence electrons. The van der Waals surface area contributed by atoms with Crippen molar-refractivity contribution in [3.05, 3.63) is 58.3 Å². The van der Waals surface area contributed by atoms with Crippen LogP contribution in [0.15, 0.2) is 50.2 Å². The molecule has 0 aliphatic heterocycles. The first-order valence-corrected chi connectivity index (χ1v) is 8.35. The Morgan fingerprint density at radius 2 is 2.04 bits per heavy atom. The van der Waals surface area contributed by atoms with Gasteiger partial charge in [-0.15, -0.1) is 5.10 Å². The Labute approximate surface area is 155 Å². The molecule has 3 rings (SSSR count). The van der Waals surface area contributed by atoms with Gasteiger partial charge in [-0.3, -0.25) is 4.79 Å². The second-order valence-electron chi connectivity index (χ2n) is 6.11. The summed E-state index contributed by atoms with van der Waals surface area (Å²) in [4.78, 5) is 26.3. The topological polar surface area (TPSA) is 105 Å². The maximum atomic E-state index is 12.8. The van der Waals surface area contributed by atoms with E-state index >= 15 is 0 Å². The Kier molecular flexibility index (Phi) is 5.22. The van der Waals surface area contributed by atoms with E-state index in [4.69, 9.17) is 14.1 Å². The van der Waals surface area contributed by atoms with Gasteiger partial charge in [0.15, 0.2) is 5.76 Å². The molecule has 0 saturated carbocycles. The molecule has 1 aromatic carbocycles. The van der Waals surface area contributed by atoms with E-state index in [1.807, 2.05) is 38.1 Å². The fraction of sp³-hybridized carbons (Fsp3) is 0.263. The number of nitrogens with zero attached hydrogens (tertiary/aromatic N) is 4. The first-order chi connectivity index (χ1) is 13.0. The van der Waals surface area contributed by atoms with Crippen molar-refractivity contribution in [3.8, 4) is 17.7 Å². The lowest BCUT2D eigenvalue weighted by molar-refractivity contribution is -0.119. The summed E-state index contributed by atoms with van der Waals surface area (Å²) < 4.78 is 11.1. The van der Waals surface area contributed by atoms with Crippen LogP contribution in [-0.4, -0.2) is 22.2 Å². The number of hydrogen-bond acceptors (Lipinski definition) is 6. The van der Waals surface area contributed by atoms with Crippen molar-refractivity contribution in [3.63, 3.8) is 0 Å². The number of carbonyl (C=O) groups is 1. The average Bonchev–Trinajstić information content (AvgIpc) is 3.25. The predicted octanol–water partition coefficient (Wildman–Crippen LogP) is 2.66. The third-order valence-electron chi connectivity index (χ3n) is 3.89. The van der Waals surface area contributed by atoms with Crippen molar-refractivity contribution in [2.45, 2.75) is 26.8 Å². The highest BCUT2D eigenvalue weighted by molar-refractivity contribution is 5.93. The van der Waals surface area contributed by atoms with E-state index in [1.54, 1.807) is 12.1 Å². The number of nitriles is 1. The monoisotopic (exact) mass is 366 g/mol. The molecule has 0 saturated heterocycles. The summed E-state index contributed by atoms with van der Waals surface area (Å²) in [7, 11) is 0. The van der Waals surface area contributed by atoms with Gasteiger partial charge in [0.2, 0.25) is 5.91 Å². The van der Waals surface area contributed by atoms with Gasteiger partial charge in [0.05, 0.1) is 18.8 Å².